The van der Waals surface area contributed by atoms with E-state index in [9.17, 15) is 8.78 Å². The lowest BCUT2D eigenvalue weighted by atomic mass is 9.69. The zero-order chi connectivity index (χ0) is 21.6. The molecule has 162 valence electrons. The van der Waals surface area contributed by atoms with Gasteiger partial charge < -0.3 is 0 Å². The van der Waals surface area contributed by atoms with Crippen LogP contribution in [0.5, 0.6) is 0 Å². The van der Waals surface area contributed by atoms with Gasteiger partial charge in [0.2, 0.25) is 0 Å². The van der Waals surface area contributed by atoms with Crippen molar-refractivity contribution in [2.24, 2.45) is 17.8 Å². The highest BCUT2D eigenvalue weighted by molar-refractivity contribution is 5.47. The minimum absolute atomic E-state index is 0.235. The Morgan fingerprint density at radius 3 is 2.42 bits per heavy atom. The van der Waals surface area contributed by atoms with Crippen LogP contribution in [-0.2, 0) is 12.8 Å². The molecule has 4 rings (SSSR count). The van der Waals surface area contributed by atoms with Gasteiger partial charge in [0.05, 0.1) is 5.56 Å². The van der Waals surface area contributed by atoms with Crippen molar-refractivity contribution in [3.63, 3.8) is 0 Å². The summed E-state index contributed by atoms with van der Waals surface area (Å²) in [6, 6.07) is 9.66. The third-order valence-corrected chi connectivity index (χ3v) is 7.28. The lowest BCUT2D eigenvalue weighted by Gasteiger charge is -2.36. The Morgan fingerprint density at radius 2 is 1.68 bits per heavy atom. The van der Waals surface area contributed by atoms with Crippen molar-refractivity contribution in [1.82, 2.24) is 0 Å². The van der Waals surface area contributed by atoms with Crippen molar-refractivity contribution in [3.8, 4) is 11.8 Å². The molecule has 1 unspecified atom stereocenters. The molecular formula is C29H32F2. The minimum Gasteiger partial charge on any atom is -0.207 e. The SMILES string of the molecule is C/C=C/CCC1CCC(C2CCc3cc(C#Cc4ccc(F)cc4)c(F)cc3C2)CC1. The predicted octanol–water partition coefficient (Wildman–Crippen LogP) is 7.63. The second-order valence-electron chi connectivity index (χ2n) is 9.29. The van der Waals surface area contributed by atoms with Gasteiger partial charge >= 0.3 is 0 Å². The fourth-order valence-corrected chi connectivity index (χ4v) is 5.43. The van der Waals surface area contributed by atoms with Crippen LogP contribution in [0.15, 0.2) is 48.6 Å². The second kappa shape index (κ2) is 10.3. The Kier molecular flexibility index (Phi) is 7.23. The average Bonchev–Trinajstić information content (AvgIpc) is 2.79. The summed E-state index contributed by atoms with van der Waals surface area (Å²) in [5, 5.41) is 0. The highest BCUT2D eigenvalue weighted by atomic mass is 19.1. The summed E-state index contributed by atoms with van der Waals surface area (Å²) >= 11 is 0. The number of hydrogen-bond donors (Lipinski definition) is 0. The van der Waals surface area contributed by atoms with Gasteiger partial charge in [-0.15, -0.1) is 0 Å². The summed E-state index contributed by atoms with van der Waals surface area (Å²) in [5.41, 5.74) is 3.57. The summed E-state index contributed by atoms with van der Waals surface area (Å²) in [4.78, 5) is 0. The molecule has 0 radical (unpaired) electrons. The fourth-order valence-electron chi connectivity index (χ4n) is 5.43. The van der Waals surface area contributed by atoms with E-state index in [4.69, 9.17) is 0 Å². The van der Waals surface area contributed by atoms with Gasteiger partial charge in [-0.25, -0.2) is 8.78 Å². The molecule has 0 N–H and O–H groups in total. The van der Waals surface area contributed by atoms with Gasteiger partial charge in [-0.1, -0.05) is 36.8 Å². The molecule has 2 aliphatic carbocycles. The molecule has 0 heterocycles. The smallest absolute Gasteiger partial charge is 0.139 e. The normalized spacial score (nSPS) is 23.3. The first-order valence-corrected chi connectivity index (χ1v) is 11.8. The molecule has 0 amide bonds. The Balaban J connectivity index is 1.38. The maximum absolute atomic E-state index is 14.7. The van der Waals surface area contributed by atoms with Gasteiger partial charge in [0.25, 0.3) is 0 Å². The maximum atomic E-state index is 14.7. The third kappa shape index (κ3) is 5.65. The van der Waals surface area contributed by atoms with Crippen LogP contribution in [0.2, 0.25) is 0 Å². The van der Waals surface area contributed by atoms with E-state index in [2.05, 4.69) is 30.9 Å². The summed E-state index contributed by atoms with van der Waals surface area (Å²) in [7, 11) is 0. The zero-order valence-corrected chi connectivity index (χ0v) is 18.5. The number of hydrogen-bond acceptors (Lipinski definition) is 0. The first-order valence-electron chi connectivity index (χ1n) is 11.8. The lowest BCUT2D eigenvalue weighted by molar-refractivity contribution is 0.185. The Hall–Kier alpha value is -2.40. The summed E-state index contributed by atoms with van der Waals surface area (Å²) < 4.78 is 27.8. The number of allylic oxidation sites excluding steroid dienone is 2. The van der Waals surface area contributed by atoms with Gasteiger partial charge in [0, 0.05) is 5.56 Å². The molecule has 2 aliphatic rings. The van der Waals surface area contributed by atoms with Gasteiger partial charge in [0.1, 0.15) is 11.6 Å². The van der Waals surface area contributed by atoms with Crippen molar-refractivity contribution < 1.29 is 8.78 Å². The van der Waals surface area contributed by atoms with Crippen LogP contribution in [0.3, 0.4) is 0 Å². The highest BCUT2D eigenvalue weighted by Crippen LogP contribution is 2.41. The average molecular weight is 419 g/mol. The number of fused-ring (bicyclic) bond motifs is 1. The largest absolute Gasteiger partial charge is 0.207 e. The van der Waals surface area contributed by atoms with Crippen molar-refractivity contribution in [1.29, 1.82) is 0 Å². The van der Waals surface area contributed by atoms with Crippen molar-refractivity contribution in [3.05, 3.63) is 82.4 Å². The van der Waals surface area contributed by atoms with Crippen molar-refractivity contribution >= 4 is 0 Å². The first-order chi connectivity index (χ1) is 15.1. The van der Waals surface area contributed by atoms with E-state index in [0.717, 1.165) is 24.7 Å². The maximum Gasteiger partial charge on any atom is 0.139 e. The minimum atomic E-state index is -0.290. The fraction of sp³-hybridized carbons (Fsp3) is 0.448. The first kappa shape index (κ1) is 21.8. The number of halogens is 2. The van der Waals surface area contributed by atoms with Gasteiger partial charge in [-0.3, -0.25) is 0 Å². The van der Waals surface area contributed by atoms with Gasteiger partial charge in [0.15, 0.2) is 0 Å². The molecule has 31 heavy (non-hydrogen) atoms. The monoisotopic (exact) mass is 418 g/mol. The molecule has 0 aliphatic heterocycles. The predicted molar refractivity (Wildman–Crippen MR) is 124 cm³/mol. The zero-order valence-electron chi connectivity index (χ0n) is 18.5. The van der Waals surface area contributed by atoms with Crippen LogP contribution in [0.4, 0.5) is 8.78 Å². The lowest BCUT2D eigenvalue weighted by Crippen LogP contribution is -2.26. The number of aryl methyl sites for hydroxylation is 1. The molecule has 2 aromatic carbocycles. The molecule has 0 nitrogen and oxygen atoms in total. The van der Waals surface area contributed by atoms with E-state index in [1.165, 1.54) is 68.2 Å². The van der Waals surface area contributed by atoms with Crippen LogP contribution in [-0.4, -0.2) is 0 Å². The van der Waals surface area contributed by atoms with Crippen LogP contribution < -0.4 is 0 Å². The number of benzene rings is 2. The molecule has 0 bridgehead atoms. The molecule has 0 saturated heterocycles. The van der Waals surface area contributed by atoms with E-state index in [1.807, 2.05) is 6.07 Å². The van der Waals surface area contributed by atoms with Gasteiger partial charge in [-0.05, 0) is 117 Å². The standard InChI is InChI=1S/C29H32F2/c1-2-3-4-5-21-6-11-23(12-7-21)24-14-15-25-18-26(29(31)20-27(25)19-24)13-8-22-9-16-28(30)17-10-22/h2-3,9-10,16-18,20-21,23-24H,4-7,11-12,14-15,19H2,1H3/b3-2+. The topological polar surface area (TPSA) is 0 Å². The van der Waals surface area contributed by atoms with E-state index >= 15 is 0 Å². The molecule has 1 atom stereocenters. The van der Waals surface area contributed by atoms with Gasteiger partial charge in [-0.2, -0.15) is 0 Å². The van der Waals surface area contributed by atoms with Crippen molar-refractivity contribution in [2.75, 3.05) is 0 Å². The highest BCUT2D eigenvalue weighted by Gasteiger charge is 2.30. The Morgan fingerprint density at radius 1 is 0.903 bits per heavy atom. The van der Waals surface area contributed by atoms with Crippen LogP contribution in [0.1, 0.15) is 74.1 Å². The Labute approximate surface area is 185 Å². The van der Waals surface area contributed by atoms with Crippen molar-refractivity contribution in [2.45, 2.75) is 64.7 Å². The second-order valence-corrected chi connectivity index (χ2v) is 9.29. The summed E-state index contributed by atoms with van der Waals surface area (Å²) in [6.45, 7) is 2.10. The molecule has 0 aromatic heterocycles. The van der Waals surface area contributed by atoms with Crippen LogP contribution in [0, 0.1) is 41.2 Å². The van der Waals surface area contributed by atoms with E-state index < -0.39 is 0 Å². The van der Waals surface area contributed by atoms with Crippen LogP contribution >= 0.6 is 0 Å². The molecule has 0 spiro atoms. The van der Waals surface area contributed by atoms with E-state index in [1.54, 1.807) is 18.2 Å². The molecule has 2 heteroatoms. The third-order valence-electron chi connectivity index (χ3n) is 7.28. The van der Waals surface area contributed by atoms with E-state index in [0.29, 0.717) is 17.0 Å². The Bertz CT molecular complexity index is 966. The van der Waals surface area contributed by atoms with Crippen LogP contribution in [0.25, 0.3) is 0 Å². The molecule has 2 aromatic rings. The molecule has 1 fully saturated rings. The molecule has 1 saturated carbocycles. The molecular weight excluding hydrogens is 386 g/mol. The number of rotatable bonds is 4. The quantitative estimate of drug-likeness (QED) is 0.354. The summed E-state index contributed by atoms with van der Waals surface area (Å²) in [5.74, 6) is 7.76. The summed E-state index contributed by atoms with van der Waals surface area (Å²) in [6.07, 6.45) is 15.6. The van der Waals surface area contributed by atoms with E-state index in [-0.39, 0.29) is 11.6 Å².